The molecule has 0 rings (SSSR count). The maximum absolute atomic E-state index is 3.07. The third-order valence-electron chi connectivity index (χ3n) is 1.02. The number of nitrogens with zero attached hydrogens (tertiary/aromatic N) is 1. The molecular weight excluding hydrogens is 114 g/mol. The summed E-state index contributed by atoms with van der Waals surface area (Å²) in [5.74, 6) is 0. The average molecular weight is 131 g/mol. The first-order chi connectivity index (χ1) is 4.16. The molecule has 0 fully saturated rings. The van der Waals surface area contributed by atoms with E-state index in [0.717, 1.165) is 6.54 Å². The van der Waals surface area contributed by atoms with E-state index in [-0.39, 0.29) is 0 Å². The summed E-state index contributed by atoms with van der Waals surface area (Å²) in [6.07, 6.45) is 0. The summed E-state index contributed by atoms with van der Waals surface area (Å²) in [5.41, 5.74) is 6.09. The lowest BCUT2D eigenvalue weighted by molar-refractivity contribution is 0.190. The summed E-state index contributed by atoms with van der Waals surface area (Å²) in [5, 5.41) is 1.99. The summed E-state index contributed by atoms with van der Waals surface area (Å²) in [6.45, 7) is 7.28. The van der Waals surface area contributed by atoms with Gasteiger partial charge in [-0.15, -0.1) is 0 Å². The first kappa shape index (κ1) is 8.88. The standard InChI is InChI=1S/C6H17N3/c1-5-9(4)8-7-6(2)3/h6-8H,5H2,1-4H3. The SMILES string of the molecule is CCN(C)NNC(C)C. The van der Waals surface area contributed by atoms with Gasteiger partial charge in [-0.2, -0.15) is 5.53 Å². The molecule has 56 valence electrons. The molecule has 0 saturated carbocycles. The monoisotopic (exact) mass is 131 g/mol. The molecule has 0 aliphatic heterocycles. The Morgan fingerprint density at radius 3 is 2.33 bits per heavy atom. The number of hydrazine groups is 2. The molecule has 0 radical (unpaired) electrons. The van der Waals surface area contributed by atoms with Gasteiger partial charge < -0.3 is 0 Å². The third-order valence-corrected chi connectivity index (χ3v) is 1.02. The van der Waals surface area contributed by atoms with Gasteiger partial charge in [-0.3, -0.25) is 0 Å². The van der Waals surface area contributed by atoms with E-state index in [9.17, 15) is 0 Å². The highest BCUT2D eigenvalue weighted by Gasteiger charge is 1.92. The fraction of sp³-hybridized carbons (Fsp3) is 1.00. The van der Waals surface area contributed by atoms with E-state index in [0.29, 0.717) is 6.04 Å². The van der Waals surface area contributed by atoms with Crippen molar-refractivity contribution in [3.8, 4) is 0 Å². The average Bonchev–Trinajstić information content (AvgIpc) is 1.83. The van der Waals surface area contributed by atoms with Crippen molar-refractivity contribution in [3.63, 3.8) is 0 Å². The van der Waals surface area contributed by atoms with Gasteiger partial charge in [-0.1, -0.05) is 6.92 Å². The van der Waals surface area contributed by atoms with Gasteiger partial charge in [0.2, 0.25) is 0 Å². The smallest absolute Gasteiger partial charge is 0.0169 e. The summed E-state index contributed by atoms with van der Waals surface area (Å²) >= 11 is 0. The van der Waals surface area contributed by atoms with Crippen molar-refractivity contribution in [1.82, 2.24) is 16.0 Å². The van der Waals surface area contributed by atoms with E-state index < -0.39 is 0 Å². The van der Waals surface area contributed by atoms with Gasteiger partial charge in [0.25, 0.3) is 0 Å². The Balaban J connectivity index is 3.06. The summed E-state index contributed by atoms with van der Waals surface area (Å²) in [6, 6.07) is 0.485. The number of hydrogen-bond acceptors (Lipinski definition) is 3. The minimum Gasteiger partial charge on any atom is -0.242 e. The lowest BCUT2D eigenvalue weighted by Crippen LogP contribution is -2.47. The Labute approximate surface area is 57.4 Å². The summed E-state index contributed by atoms with van der Waals surface area (Å²) in [4.78, 5) is 0. The highest BCUT2D eigenvalue weighted by Crippen LogP contribution is 1.73. The quantitative estimate of drug-likeness (QED) is 0.539. The molecule has 0 amide bonds. The van der Waals surface area contributed by atoms with Gasteiger partial charge in [0.1, 0.15) is 0 Å². The molecule has 0 spiro atoms. The predicted molar refractivity (Wildman–Crippen MR) is 39.7 cm³/mol. The van der Waals surface area contributed by atoms with Crippen molar-refractivity contribution in [3.05, 3.63) is 0 Å². The van der Waals surface area contributed by atoms with Crippen molar-refractivity contribution in [2.24, 2.45) is 0 Å². The number of nitrogens with one attached hydrogen (secondary N) is 2. The molecule has 0 aromatic rings. The molecule has 0 heterocycles. The van der Waals surface area contributed by atoms with Crippen LogP contribution in [0.3, 0.4) is 0 Å². The zero-order valence-electron chi connectivity index (χ0n) is 6.73. The van der Waals surface area contributed by atoms with Crippen LogP contribution in [0.5, 0.6) is 0 Å². The van der Waals surface area contributed by atoms with E-state index >= 15 is 0 Å². The van der Waals surface area contributed by atoms with Gasteiger partial charge in [0.15, 0.2) is 0 Å². The normalized spacial score (nSPS) is 11.3. The Morgan fingerprint density at radius 2 is 2.00 bits per heavy atom. The van der Waals surface area contributed by atoms with Gasteiger partial charge in [-0.05, 0) is 13.8 Å². The molecule has 0 aromatic heterocycles. The molecular formula is C6H17N3. The van der Waals surface area contributed by atoms with Crippen LogP contribution in [0.25, 0.3) is 0 Å². The molecule has 9 heavy (non-hydrogen) atoms. The highest BCUT2D eigenvalue weighted by molar-refractivity contribution is 4.43. The van der Waals surface area contributed by atoms with Crippen molar-refractivity contribution >= 4 is 0 Å². The van der Waals surface area contributed by atoms with E-state index in [1.54, 1.807) is 0 Å². The van der Waals surface area contributed by atoms with Crippen LogP contribution in [0.4, 0.5) is 0 Å². The van der Waals surface area contributed by atoms with Gasteiger partial charge >= 0.3 is 0 Å². The van der Waals surface area contributed by atoms with E-state index in [2.05, 4.69) is 31.7 Å². The Kier molecular flexibility index (Phi) is 4.67. The van der Waals surface area contributed by atoms with Crippen molar-refractivity contribution < 1.29 is 0 Å². The first-order valence-electron chi connectivity index (χ1n) is 3.39. The van der Waals surface area contributed by atoms with Crippen molar-refractivity contribution in [2.75, 3.05) is 13.6 Å². The van der Waals surface area contributed by atoms with Gasteiger partial charge in [0.05, 0.1) is 0 Å². The number of hydrogen-bond donors (Lipinski definition) is 2. The second-order valence-electron chi connectivity index (χ2n) is 2.43. The van der Waals surface area contributed by atoms with E-state index in [1.165, 1.54) is 0 Å². The zero-order chi connectivity index (χ0) is 7.28. The Bertz CT molecular complexity index is 63.3. The maximum atomic E-state index is 3.07. The fourth-order valence-corrected chi connectivity index (χ4v) is 0.318. The van der Waals surface area contributed by atoms with Crippen LogP contribution in [0.1, 0.15) is 20.8 Å². The molecule has 0 aliphatic carbocycles. The topological polar surface area (TPSA) is 27.3 Å². The van der Waals surface area contributed by atoms with Crippen LogP contribution in [0.15, 0.2) is 0 Å². The zero-order valence-corrected chi connectivity index (χ0v) is 6.73. The van der Waals surface area contributed by atoms with Crippen molar-refractivity contribution in [1.29, 1.82) is 0 Å². The molecule has 3 heteroatoms. The molecule has 0 aliphatic rings. The third kappa shape index (κ3) is 5.76. The lowest BCUT2D eigenvalue weighted by Gasteiger charge is -2.18. The predicted octanol–water partition coefficient (Wildman–Crippen LogP) is 0.356. The van der Waals surface area contributed by atoms with Gasteiger partial charge in [-0.25, -0.2) is 10.4 Å². The highest BCUT2D eigenvalue weighted by atomic mass is 15.7. The molecule has 0 atom stereocenters. The molecule has 0 saturated heterocycles. The van der Waals surface area contributed by atoms with Crippen molar-refractivity contribution in [2.45, 2.75) is 26.8 Å². The maximum Gasteiger partial charge on any atom is 0.0169 e. The Hall–Kier alpha value is -0.120. The fourth-order valence-electron chi connectivity index (χ4n) is 0.318. The Morgan fingerprint density at radius 1 is 1.44 bits per heavy atom. The molecule has 2 N–H and O–H groups in total. The van der Waals surface area contributed by atoms with E-state index in [4.69, 9.17) is 0 Å². The van der Waals surface area contributed by atoms with Gasteiger partial charge in [0, 0.05) is 19.6 Å². The molecule has 0 bridgehead atoms. The summed E-state index contributed by atoms with van der Waals surface area (Å²) in [7, 11) is 2.00. The van der Waals surface area contributed by atoms with Crippen LogP contribution in [0, 0.1) is 0 Å². The minimum absolute atomic E-state index is 0.485. The molecule has 3 nitrogen and oxygen atoms in total. The van der Waals surface area contributed by atoms with Crippen LogP contribution >= 0.6 is 0 Å². The second kappa shape index (κ2) is 4.73. The van der Waals surface area contributed by atoms with Crippen LogP contribution < -0.4 is 11.0 Å². The van der Waals surface area contributed by atoms with Crippen LogP contribution in [-0.4, -0.2) is 24.6 Å². The van der Waals surface area contributed by atoms with E-state index in [1.807, 2.05) is 12.1 Å². The second-order valence-corrected chi connectivity index (χ2v) is 2.43. The molecule has 0 aromatic carbocycles. The van der Waals surface area contributed by atoms with Crippen LogP contribution in [-0.2, 0) is 0 Å². The largest absolute Gasteiger partial charge is 0.242 e. The minimum atomic E-state index is 0.485. The first-order valence-corrected chi connectivity index (χ1v) is 3.39. The number of rotatable bonds is 4. The lowest BCUT2D eigenvalue weighted by atomic mass is 10.4. The van der Waals surface area contributed by atoms with Crippen LogP contribution in [0.2, 0.25) is 0 Å². The molecule has 0 unspecified atom stereocenters. The summed E-state index contributed by atoms with van der Waals surface area (Å²) < 4.78 is 0.